The molecule has 0 bridgehead atoms. The van der Waals surface area contributed by atoms with E-state index in [1.165, 1.54) is 20.3 Å². The molecule has 0 spiro atoms. The minimum Gasteiger partial charge on any atom is -0.872 e. The molecule has 1 unspecified atom stereocenters. The van der Waals surface area contributed by atoms with E-state index in [-0.39, 0.29) is 89.7 Å². The van der Waals surface area contributed by atoms with Gasteiger partial charge in [0.05, 0.1) is 32.1 Å². The molecule has 2 rings (SSSR count). The number of nitrogens with one attached hydrogen (secondary N) is 1. The van der Waals surface area contributed by atoms with Gasteiger partial charge in [0.1, 0.15) is 18.3 Å². The quantitative estimate of drug-likeness (QED) is 0.0522. The van der Waals surface area contributed by atoms with Gasteiger partial charge in [-0.05, 0) is 18.3 Å². The Morgan fingerprint density at radius 3 is 2.11 bits per heavy atom. The molecule has 2 aliphatic carbocycles. The zero-order valence-electron chi connectivity index (χ0n) is 29.4. The maximum Gasteiger partial charge on any atom is 1.00 e. The number of ether oxygens (including phenoxy) is 2. The van der Waals surface area contributed by atoms with Crippen LogP contribution in [0.3, 0.4) is 0 Å². The zero-order valence-corrected chi connectivity index (χ0v) is 31.4. The van der Waals surface area contributed by atoms with Crippen LogP contribution in [0.15, 0.2) is 64.4 Å². The first-order valence-electron chi connectivity index (χ1n) is 15.2. The van der Waals surface area contributed by atoms with Crippen LogP contribution in [-0.4, -0.2) is 61.8 Å². The van der Waals surface area contributed by atoms with Crippen molar-refractivity contribution in [2.75, 3.05) is 27.4 Å². The van der Waals surface area contributed by atoms with Crippen molar-refractivity contribution in [1.82, 2.24) is 5.48 Å². The molecule has 0 radical (unpaired) electrons. The van der Waals surface area contributed by atoms with Gasteiger partial charge >= 0.3 is 41.5 Å². The van der Waals surface area contributed by atoms with Gasteiger partial charge in [0.25, 0.3) is 0 Å². The second-order valence-corrected chi connectivity index (χ2v) is 12.2. The Hall–Kier alpha value is -3.19. The molecule has 0 saturated carbocycles. The van der Waals surface area contributed by atoms with E-state index in [9.17, 15) is 29.4 Å². The van der Waals surface area contributed by atoms with Crippen LogP contribution in [0.4, 0.5) is 0 Å². The van der Waals surface area contributed by atoms with Crippen molar-refractivity contribution in [3.8, 4) is 0 Å². The van der Waals surface area contributed by atoms with Gasteiger partial charge in [0, 0.05) is 35.1 Å². The molecule has 13 heteroatoms. The molecule has 12 nitrogen and oxygen atoms in total. The number of hydrogen-bond acceptors (Lipinski definition) is 12. The Bertz CT molecular complexity index is 1310. The number of hydrogen-bond donors (Lipinski definition) is 2. The van der Waals surface area contributed by atoms with E-state index < -0.39 is 34.4 Å². The predicted molar refractivity (Wildman–Crippen MR) is 171 cm³/mol. The van der Waals surface area contributed by atoms with Crippen molar-refractivity contribution >= 4 is 29.2 Å². The topological polar surface area (TPSA) is 173 Å². The largest absolute Gasteiger partial charge is 1.00 e. The Morgan fingerprint density at radius 2 is 1.60 bits per heavy atom. The Balaban J connectivity index is 0.000000882. The average molecular weight is 669 g/mol. The van der Waals surface area contributed by atoms with Crippen molar-refractivity contribution < 1.29 is 78.1 Å². The van der Waals surface area contributed by atoms with Crippen molar-refractivity contribution in [1.29, 1.82) is 0 Å². The molecule has 0 fully saturated rings. The molecule has 256 valence electrons. The Kier molecular flexibility index (Phi) is 18.9. The molecule has 2 N–H and O–H groups in total. The number of methoxy groups -OCH3 is 2. The Labute approximate surface area is 300 Å². The van der Waals surface area contributed by atoms with Crippen LogP contribution in [0.5, 0.6) is 0 Å². The summed E-state index contributed by atoms with van der Waals surface area (Å²) in [5.74, 6) is -3.59. The SMILES string of the molecule is C=CCO/N=C(\CCC)C1=C(O)C(C(=O)OC)C(C)(C)CC1=O.C=CCON/C(CCC)=C1\C(=O)CC(C)(C)C(C(=O)OC)=C1[O-].[Na+]. The zero-order chi connectivity index (χ0) is 35.2. The summed E-state index contributed by atoms with van der Waals surface area (Å²) in [5.41, 5.74) is 1.87. The molecular formula is C34H49N2NaO10. The van der Waals surface area contributed by atoms with Crippen molar-refractivity contribution in [2.45, 2.75) is 80.1 Å². The molecule has 0 heterocycles. The van der Waals surface area contributed by atoms with Gasteiger partial charge in [0.15, 0.2) is 11.6 Å². The number of allylic oxidation sites excluding steroid dienone is 3. The molecule has 0 aliphatic heterocycles. The summed E-state index contributed by atoms with van der Waals surface area (Å²) in [7, 11) is 2.48. The minimum atomic E-state index is -0.901. The summed E-state index contributed by atoms with van der Waals surface area (Å²) in [6.45, 7) is 18.2. The second kappa shape index (κ2) is 20.2. The number of carbonyl (C=O) groups is 4. The van der Waals surface area contributed by atoms with Crippen molar-refractivity contribution in [3.05, 3.63) is 59.2 Å². The minimum absolute atomic E-state index is 0. The van der Waals surface area contributed by atoms with E-state index in [1.54, 1.807) is 33.8 Å². The van der Waals surface area contributed by atoms with E-state index in [0.29, 0.717) is 37.1 Å². The first-order valence-corrected chi connectivity index (χ1v) is 15.2. The van der Waals surface area contributed by atoms with Gasteiger partial charge in [-0.25, -0.2) is 4.79 Å². The summed E-state index contributed by atoms with van der Waals surface area (Å²) in [6, 6.07) is 0. The molecule has 0 aromatic rings. The van der Waals surface area contributed by atoms with Crippen molar-refractivity contribution in [3.63, 3.8) is 0 Å². The van der Waals surface area contributed by atoms with E-state index in [1.807, 2.05) is 13.8 Å². The van der Waals surface area contributed by atoms with Crippen LogP contribution in [0.1, 0.15) is 80.1 Å². The molecule has 47 heavy (non-hydrogen) atoms. The third-order valence-corrected chi connectivity index (χ3v) is 7.39. The number of rotatable bonds is 14. The molecule has 0 amide bonds. The normalized spacial score (nSPS) is 19.8. The van der Waals surface area contributed by atoms with Crippen LogP contribution >= 0.6 is 0 Å². The fraction of sp³-hybridized carbons (Fsp3) is 0.559. The van der Waals surface area contributed by atoms with Gasteiger partial charge in [-0.3, -0.25) is 24.7 Å². The third kappa shape index (κ3) is 11.5. The standard InChI is InChI=1S/2C17H25NO5.Na/c2*1-6-8-11(18-23-9-7-2)13-12(19)10-17(3,4)14(15(13)20)16(21)22-5;/h7,18,20H,2,6,8-10H2,1,3-5H3;7,14,20H,2,6,8-10H2,1,3-5H3;/q;;+1/p-1/b13-11+;18-11+;. The molecule has 1 atom stereocenters. The van der Waals surface area contributed by atoms with E-state index in [0.717, 1.165) is 0 Å². The summed E-state index contributed by atoms with van der Waals surface area (Å²) in [6.07, 6.45) is 5.60. The average Bonchev–Trinajstić information content (AvgIpc) is 2.96. The summed E-state index contributed by atoms with van der Waals surface area (Å²) in [5, 5.41) is 27.3. The number of carbonyl (C=O) groups excluding carboxylic acids is 4. The smallest absolute Gasteiger partial charge is 0.872 e. The van der Waals surface area contributed by atoms with Crippen LogP contribution in [-0.2, 0) is 38.3 Å². The second-order valence-electron chi connectivity index (χ2n) is 12.2. The first-order chi connectivity index (χ1) is 21.6. The summed E-state index contributed by atoms with van der Waals surface area (Å²) >= 11 is 0. The Morgan fingerprint density at radius 1 is 1.00 bits per heavy atom. The molecule has 0 aromatic heterocycles. The van der Waals surface area contributed by atoms with Gasteiger partial charge in [0.2, 0.25) is 0 Å². The van der Waals surface area contributed by atoms with Crippen molar-refractivity contribution in [2.24, 2.45) is 21.9 Å². The number of oxime groups is 1. The first kappa shape index (κ1) is 43.8. The fourth-order valence-electron chi connectivity index (χ4n) is 5.32. The number of ketones is 2. The number of Topliss-reactive ketones (excluding diaryl/α,β-unsaturated/α-hetero) is 2. The molecule has 2 aliphatic rings. The monoisotopic (exact) mass is 668 g/mol. The molecular weight excluding hydrogens is 619 g/mol. The van der Waals surface area contributed by atoms with E-state index in [2.05, 4.69) is 23.8 Å². The van der Waals surface area contributed by atoms with Gasteiger partial charge in [-0.15, -0.1) is 6.58 Å². The van der Waals surface area contributed by atoms with Gasteiger partial charge < -0.3 is 24.5 Å². The fourth-order valence-corrected chi connectivity index (χ4v) is 5.32. The van der Waals surface area contributed by atoms with Gasteiger partial charge in [-0.1, -0.05) is 84.0 Å². The summed E-state index contributed by atoms with van der Waals surface area (Å²) < 4.78 is 9.51. The maximum atomic E-state index is 12.8. The number of aliphatic hydroxyl groups is 1. The number of aliphatic hydroxyl groups excluding tert-OH is 1. The van der Waals surface area contributed by atoms with Gasteiger partial charge in [-0.2, -0.15) is 0 Å². The van der Waals surface area contributed by atoms with Crippen LogP contribution in [0.2, 0.25) is 0 Å². The number of nitrogens with zero attached hydrogens (tertiary/aromatic N) is 1. The van der Waals surface area contributed by atoms with Crippen LogP contribution in [0.25, 0.3) is 0 Å². The number of hydroxylamine groups is 1. The van der Waals surface area contributed by atoms with E-state index >= 15 is 0 Å². The predicted octanol–water partition coefficient (Wildman–Crippen LogP) is 1.48. The van der Waals surface area contributed by atoms with Crippen LogP contribution in [0, 0.1) is 16.7 Å². The number of esters is 2. The molecule has 0 saturated heterocycles. The third-order valence-electron chi connectivity index (χ3n) is 7.39. The summed E-state index contributed by atoms with van der Waals surface area (Å²) in [4.78, 5) is 59.3. The van der Waals surface area contributed by atoms with Crippen LogP contribution < -0.4 is 40.1 Å². The molecule has 0 aromatic carbocycles. The maximum absolute atomic E-state index is 12.8. The van der Waals surface area contributed by atoms with E-state index in [4.69, 9.17) is 19.1 Å².